The van der Waals surface area contributed by atoms with Gasteiger partial charge in [-0.25, -0.2) is 0 Å². The summed E-state index contributed by atoms with van der Waals surface area (Å²) in [6.45, 7) is 2.08. The predicted octanol–water partition coefficient (Wildman–Crippen LogP) is 3.29. The summed E-state index contributed by atoms with van der Waals surface area (Å²) in [5.74, 6) is 0.858. The number of para-hydroxylation sites is 1. The van der Waals surface area contributed by atoms with Crippen molar-refractivity contribution in [1.29, 1.82) is 0 Å². The number of hydrogen-bond acceptors (Lipinski definition) is 5. The lowest BCUT2D eigenvalue weighted by molar-refractivity contribution is -0.115. The minimum atomic E-state index is -0.0219. The van der Waals surface area contributed by atoms with Crippen molar-refractivity contribution in [2.75, 3.05) is 5.32 Å². The topological polar surface area (TPSA) is 54.9 Å². The third-order valence-electron chi connectivity index (χ3n) is 3.46. The molecule has 110 valence electrons. The molecule has 0 saturated carbocycles. The van der Waals surface area contributed by atoms with E-state index < -0.39 is 0 Å². The third kappa shape index (κ3) is 3.44. The summed E-state index contributed by atoms with van der Waals surface area (Å²) in [6.07, 6.45) is 2.72. The number of hydrogen-bond donors (Lipinski definition) is 1. The highest BCUT2D eigenvalue weighted by atomic mass is 32.2. The van der Waals surface area contributed by atoms with E-state index >= 15 is 0 Å². The van der Waals surface area contributed by atoms with Gasteiger partial charge < -0.3 is 5.32 Å². The highest BCUT2D eigenvalue weighted by molar-refractivity contribution is 8.00. The Balaban J connectivity index is 1.63. The van der Waals surface area contributed by atoms with E-state index in [9.17, 15) is 4.79 Å². The number of anilines is 1. The van der Waals surface area contributed by atoms with Gasteiger partial charge in [-0.2, -0.15) is 0 Å². The first kappa shape index (κ1) is 14.5. The van der Waals surface area contributed by atoms with E-state index in [4.69, 9.17) is 0 Å². The Morgan fingerprint density at radius 2 is 2.14 bits per heavy atom. The van der Waals surface area contributed by atoms with Crippen molar-refractivity contribution < 1.29 is 4.79 Å². The van der Waals surface area contributed by atoms with Crippen LogP contribution < -0.4 is 5.32 Å². The molecule has 1 atom stereocenters. The SMILES string of the molecule is CCc1nnc(CSC2CCc3ccccc3NC2=O)s1. The van der Waals surface area contributed by atoms with Crippen LogP contribution in [0, 0.1) is 0 Å². The van der Waals surface area contributed by atoms with Crippen molar-refractivity contribution >= 4 is 34.7 Å². The Labute approximate surface area is 132 Å². The van der Waals surface area contributed by atoms with Crippen molar-refractivity contribution in [3.8, 4) is 0 Å². The third-order valence-corrected chi connectivity index (χ3v) is 6.01. The molecule has 4 nitrogen and oxygen atoms in total. The molecule has 6 heteroatoms. The molecular formula is C15H17N3OS2. The van der Waals surface area contributed by atoms with Crippen LogP contribution in [-0.2, 0) is 23.4 Å². The molecule has 1 aromatic carbocycles. The smallest absolute Gasteiger partial charge is 0.237 e. The van der Waals surface area contributed by atoms with Gasteiger partial charge in [0, 0.05) is 11.4 Å². The number of nitrogens with zero attached hydrogens (tertiary/aromatic N) is 2. The standard InChI is InChI=1S/C15H17N3OS2/c1-2-13-17-18-14(21-13)9-20-12-8-7-10-5-3-4-6-11(10)16-15(12)19/h3-6,12H,2,7-9H2,1H3,(H,16,19). The van der Waals surface area contributed by atoms with E-state index in [0.717, 1.165) is 40.7 Å². The van der Waals surface area contributed by atoms with Crippen LogP contribution in [0.5, 0.6) is 0 Å². The van der Waals surface area contributed by atoms with Gasteiger partial charge in [0.1, 0.15) is 10.0 Å². The van der Waals surface area contributed by atoms with E-state index in [1.807, 2.05) is 18.2 Å². The van der Waals surface area contributed by atoms with Gasteiger partial charge in [0.05, 0.1) is 5.25 Å². The molecule has 3 rings (SSSR count). The van der Waals surface area contributed by atoms with Crippen LogP contribution in [0.3, 0.4) is 0 Å². The summed E-state index contributed by atoms with van der Waals surface area (Å²) in [6, 6.07) is 8.03. The first-order valence-corrected chi connectivity index (χ1v) is 8.94. The summed E-state index contributed by atoms with van der Waals surface area (Å²) in [5.41, 5.74) is 2.17. The number of nitrogens with one attached hydrogen (secondary N) is 1. The molecule has 1 N–H and O–H groups in total. The van der Waals surface area contributed by atoms with E-state index in [-0.39, 0.29) is 11.2 Å². The maximum Gasteiger partial charge on any atom is 0.237 e. The van der Waals surface area contributed by atoms with Crippen LogP contribution in [0.15, 0.2) is 24.3 Å². The molecule has 1 unspecified atom stereocenters. The predicted molar refractivity (Wildman–Crippen MR) is 87.8 cm³/mol. The fraction of sp³-hybridized carbons (Fsp3) is 0.400. The van der Waals surface area contributed by atoms with E-state index in [2.05, 4.69) is 28.5 Å². The number of aryl methyl sites for hydroxylation is 2. The molecule has 21 heavy (non-hydrogen) atoms. The lowest BCUT2D eigenvalue weighted by Crippen LogP contribution is -2.23. The minimum Gasteiger partial charge on any atom is -0.325 e. The highest BCUT2D eigenvalue weighted by Crippen LogP contribution is 2.29. The zero-order valence-electron chi connectivity index (χ0n) is 11.8. The molecular weight excluding hydrogens is 302 g/mol. The quantitative estimate of drug-likeness (QED) is 0.939. The highest BCUT2D eigenvalue weighted by Gasteiger charge is 2.24. The van der Waals surface area contributed by atoms with Crippen LogP contribution in [-0.4, -0.2) is 21.4 Å². The maximum absolute atomic E-state index is 12.3. The van der Waals surface area contributed by atoms with Crippen molar-refractivity contribution in [3.05, 3.63) is 39.8 Å². The maximum atomic E-state index is 12.3. The Hall–Kier alpha value is -1.40. The van der Waals surface area contributed by atoms with Crippen LogP contribution in [0.2, 0.25) is 0 Å². The van der Waals surface area contributed by atoms with Gasteiger partial charge in [-0.05, 0) is 30.9 Å². The summed E-state index contributed by atoms with van der Waals surface area (Å²) in [5, 5.41) is 13.4. The average Bonchev–Trinajstić information content (AvgIpc) is 2.90. The molecule has 0 spiro atoms. The fourth-order valence-corrected chi connectivity index (χ4v) is 4.23. The zero-order chi connectivity index (χ0) is 14.7. The zero-order valence-corrected chi connectivity index (χ0v) is 13.5. The number of benzene rings is 1. The molecule has 2 heterocycles. The van der Waals surface area contributed by atoms with Crippen LogP contribution in [0.1, 0.15) is 28.9 Å². The lowest BCUT2D eigenvalue weighted by Gasteiger charge is -2.11. The van der Waals surface area contributed by atoms with Crippen molar-refractivity contribution in [2.24, 2.45) is 0 Å². The first-order valence-electron chi connectivity index (χ1n) is 7.08. The molecule has 0 saturated heterocycles. The second kappa shape index (κ2) is 6.58. The number of fused-ring (bicyclic) bond motifs is 1. The Morgan fingerprint density at radius 3 is 2.95 bits per heavy atom. The van der Waals surface area contributed by atoms with Crippen LogP contribution in [0.4, 0.5) is 5.69 Å². The first-order chi connectivity index (χ1) is 10.3. The molecule has 1 aliphatic heterocycles. The Bertz CT molecular complexity index is 641. The van der Waals surface area contributed by atoms with E-state index in [1.54, 1.807) is 23.1 Å². The molecule has 0 bridgehead atoms. The second-order valence-corrected chi connectivity index (χ2v) is 7.27. The number of aromatic nitrogens is 2. The molecule has 2 aromatic rings. The Morgan fingerprint density at radius 1 is 1.33 bits per heavy atom. The monoisotopic (exact) mass is 319 g/mol. The van der Waals surface area contributed by atoms with Gasteiger partial charge in [-0.3, -0.25) is 4.79 Å². The average molecular weight is 319 g/mol. The summed E-state index contributed by atoms with van der Waals surface area (Å²) in [4.78, 5) is 12.3. The molecule has 1 aliphatic rings. The van der Waals surface area contributed by atoms with Gasteiger partial charge in [0.2, 0.25) is 5.91 Å². The molecule has 1 amide bonds. The normalized spacial score (nSPS) is 18.0. The van der Waals surface area contributed by atoms with Gasteiger partial charge in [0.15, 0.2) is 0 Å². The number of rotatable bonds is 4. The summed E-state index contributed by atoms with van der Waals surface area (Å²) in [7, 11) is 0. The van der Waals surface area contributed by atoms with Crippen LogP contribution in [0.25, 0.3) is 0 Å². The Kier molecular flexibility index (Phi) is 4.55. The molecule has 1 aromatic heterocycles. The molecule has 0 radical (unpaired) electrons. The number of carbonyl (C=O) groups is 1. The molecule has 0 fully saturated rings. The van der Waals surface area contributed by atoms with Gasteiger partial charge in [-0.15, -0.1) is 33.3 Å². The number of amides is 1. The fourth-order valence-electron chi connectivity index (χ4n) is 2.31. The summed E-state index contributed by atoms with van der Waals surface area (Å²) < 4.78 is 0. The summed E-state index contributed by atoms with van der Waals surface area (Å²) >= 11 is 3.30. The van der Waals surface area contributed by atoms with Crippen molar-refractivity contribution in [3.63, 3.8) is 0 Å². The van der Waals surface area contributed by atoms with Gasteiger partial charge >= 0.3 is 0 Å². The second-order valence-electron chi connectivity index (χ2n) is 4.93. The van der Waals surface area contributed by atoms with Crippen molar-refractivity contribution in [1.82, 2.24) is 10.2 Å². The van der Waals surface area contributed by atoms with E-state index in [1.165, 1.54) is 5.56 Å². The van der Waals surface area contributed by atoms with Crippen LogP contribution >= 0.6 is 23.1 Å². The number of carbonyl (C=O) groups excluding carboxylic acids is 1. The number of thioether (sulfide) groups is 1. The lowest BCUT2D eigenvalue weighted by atomic mass is 10.1. The van der Waals surface area contributed by atoms with Crippen molar-refractivity contribution in [2.45, 2.75) is 37.2 Å². The molecule has 0 aliphatic carbocycles. The van der Waals surface area contributed by atoms with Gasteiger partial charge in [0.25, 0.3) is 0 Å². The van der Waals surface area contributed by atoms with E-state index in [0.29, 0.717) is 0 Å². The van der Waals surface area contributed by atoms with Gasteiger partial charge in [-0.1, -0.05) is 25.1 Å². The minimum absolute atomic E-state index is 0.0219. The largest absolute Gasteiger partial charge is 0.325 e.